The quantitative estimate of drug-likeness (QED) is 0.697. The Morgan fingerprint density at radius 3 is 2.36 bits per heavy atom. The molecule has 1 heterocycles. The number of rotatable bonds is 6. The van der Waals surface area contributed by atoms with E-state index in [9.17, 15) is 8.78 Å². The zero-order valence-electron chi connectivity index (χ0n) is 13.0. The predicted octanol–water partition coefficient (Wildman–Crippen LogP) is 4.60. The number of nitrogens with zero attached hydrogens (tertiary/aromatic N) is 2. The Balaban J connectivity index is 1.63. The maximum atomic E-state index is 13.8. The van der Waals surface area contributed by atoms with E-state index in [1.807, 2.05) is 12.1 Å². The van der Waals surface area contributed by atoms with Crippen molar-refractivity contribution in [3.05, 3.63) is 82.5 Å². The van der Waals surface area contributed by atoms with Crippen LogP contribution >= 0.6 is 11.6 Å². The van der Waals surface area contributed by atoms with E-state index in [-0.39, 0.29) is 24.3 Å². The first kappa shape index (κ1) is 17.1. The molecule has 0 amide bonds. The van der Waals surface area contributed by atoms with Gasteiger partial charge in [0, 0.05) is 11.6 Å². The molecule has 0 aliphatic carbocycles. The van der Waals surface area contributed by atoms with Crippen molar-refractivity contribution in [3.8, 4) is 6.01 Å². The van der Waals surface area contributed by atoms with Gasteiger partial charge in [-0.3, -0.25) is 0 Å². The van der Waals surface area contributed by atoms with E-state index in [4.69, 9.17) is 16.3 Å². The number of benzene rings is 2. The van der Waals surface area contributed by atoms with Crippen molar-refractivity contribution in [2.24, 2.45) is 0 Å². The third-order valence-corrected chi connectivity index (χ3v) is 3.63. The largest absolute Gasteiger partial charge is 0.459 e. The van der Waals surface area contributed by atoms with Crippen molar-refractivity contribution in [2.45, 2.75) is 13.2 Å². The van der Waals surface area contributed by atoms with E-state index < -0.39 is 5.82 Å². The highest BCUT2D eigenvalue weighted by atomic mass is 35.5. The van der Waals surface area contributed by atoms with E-state index in [0.717, 1.165) is 17.3 Å². The minimum Gasteiger partial charge on any atom is -0.459 e. The summed E-state index contributed by atoms with van der Waals surface area (Å²) in [6.45, 7) is 0.533. The van der Waals surface area contributed by atoms with Crippen LogP contribution in [0.4, 0.5) is 14.6 Å². The maximum absolute atomic E-state index is 13.8. The van der Waals surface area contributed by atoms with Gasteiger partial charge in [0.15, 0.2) is 11.6 Å². The summed E-state index contributed by atoms with van der Waals surface area (Å²) in [5, 5.41) is 3.53. The molecule has 2 aromatic carbocycles. The molecule has 0 atom stereocenters. The van der Waals surface area contributed by atoms with Gasteiger partial charge in [-0.1, -0.05) is 35.9 Å². The molecule has 1 aromatic heterocycles. The molecule has 1 N–H and O–H groups in total. The Morgan fingerprint density at radius 1 is 0.960 bits per heavy atom. The number of aromatic nitrogens is 2. The van der Waals surface area contributed by atoms with Gasteiger partial charge in [-0.2, -0.15) is 4.98 Å². The molecular weight excluding hydrogens is 348 g/mol. The topological polar surface area (TPSA) is 47.0 Å². The fourth-order valence-electron chi connectivity index (χ4n) is 2.06. The second-order valence-electron chi connectivity index (χ2n) is 5.24. The summed E-state index contributed by atoms with van der Waals surface area (Å²) in [6, 6.07) is 13.1. The van der Waals surface area contributed by atoms with Gasteiger partial charge < -0.3 is 10.1 Å². The zero-order valence-corrected chi connectivity index (χ0v) is 13.8. The lowest BCUT2D eigenvalue weighted by molar-refractivity contribution is 0.279. The van der Waals surface area contributed by atoms with Crippen molar-refractivity contribution < 1.29 is 13.5 Å². The van der Waals surface area contributed by atoms with Crippen molar-refractivity contribution >= 4 is 17.4 Å². The average Bonchev–Trinajstić information content (AvgIpc) is 2.62. The van der Waals surface area contributed by atoms with Crippen LogP contribution in [0, 0.1) is 11.6 Å². The Labute approximate surface area is 148 Å². The molecule has 4 nitrogen and oxygen atoms in total. The summed E-state index contributed by atoms with van der Waals surface area (Å²) in [7, 11) is 0. The SMILES string of the molecule is Fc1ccc(COc2ncc(F)c(NCc3ccc(Cl)cc3)n2)cc1. The molecule has 0 aliphatic rings. The lowest BCUT2D eigenvalue weighted by Gasteiger charge is -2.09. The molecular formula is C18H14ClF2N3O. The minimum absolute atomic E-state index is 0.0318. The Kier molecular flexibility index (Phi) is 5.40. The molecule has 128 valence electrons. The third kappa shape index (κ3) is 4.87. The molecule has 3 aromatic rings. The van der Waals surface area contributed by atoms with Gasteiger partial charge in [-0.25, -0.2) is 13.8 Å². The van der Waals surface area contributed by atoms with Crippen LogP contribution in [0.25, 0.3) is 0 Å². The van der Waals surface area contributed by atoms with Crippen LogP contribution in [0.2, 0.25) is 5.02 Å². The minimum atomic E-state index is -0.580. The van der Waals surface area contributed by atoms with Crippen molar-refractivity contribution in [1.82, 2.24) is 9.97 Å². The molecule has 3 rings (SSSR count). The highest BCUT2D eigenvalue weighted by Gasteiger charge is 2.08. The van der Waals surface area contributed by atoms with Gasteiger partial charge >= 0.3 is 6.01 Å². The van der Waals surface area contributed by atoms with E-state index >= 15 is 0 Å². The number of halogens is 3. The first-order valence-corrected chi connectivity index (χ1v) is 7.86. The van der Waals surface area contributed by atoms with Gasteiger partial charge in [0.2, 0.25) is 0 Å². The first-order valence-electron chi connectivity index (χ1n) is 7.48. The monoisotopic (exact) mass is 361 g/mol. The Morgan fingerprint density at radius 2 is 1.64 bits per heavy atom. The summed E-state index contributed by atoms with van der Waals surface area (Å²) >= 11 is 5.83. The standard InChI is InChI=1S/C18H14ClF2N3O/c19-14-5-1-12(2-6-14)9-22-17-16(21)10-23-18(24-17)25-11-13-3-7-15(20)8-4-13/h1-8,10H,9,11H2,(H,22,23,24). The molecule has 0 fully saturated rings. The highest BCUT2D eigenvalue weighted by molar-refractivity contribution is 6.30. The summed E-state index contributed by atoms with van der Waals surface area (Å²) in [6.07, 6.45) is 1.04. The zero-order chi connectivity index (χ0) is 17.6. The predicted molar refractivity (Wildman–Crippen MR) is 91.5 cm³/mol. The normalized spacial score (nSPS) is 10.5. The van der Waals surface area contributed by atoms with Crippen LogP contribution < -0.4 is 10.1 Å². The van der Waals surface area contributed by atoms with Crippen LogP contribution in [-0.4, -0.2) is 9.97 Å². The van der Waals surface area contributed by atoms with E-state index in [1.54, 1.807) is 24.3 Å². The Bertz CT molecular complexity index is 842. The fourth-order valence-corrected chi connectivity index (χ4v) is 2.19. The second kappa shape index (κ2) is 7.90. The van der Waals surface area contributed by atoms with Crippen LogP contribution in [0.3, 0.4) is 0 Å². The van der Waals surface area contributed by atoms with Gasteiger partial charge in [-0.15, -0.1) is 0 Å². The summed E-state index contributed by atoms with van der Waals surface area (Å²) in [5.41, 5.74) is 1.68. The molecule has 0 bridgehead atoms. The van der Waals surface area contributed by atoms with Gasteiger partial charge in [0.1, 0.15) is 12.4 Å². The van der Waals surface area contributed by atoms with Crippen LogP contribution in [0.1, 0.15) is 11.1 Å². The van der Waals surface area contributed by atoms with Gasteiger partial charge in [-0.05, 0) is 35.4 Å². The summed E-state index contributed by atoms with van der Waals surface area (Å²) < 4.78 is 32.1. The molecule has 0 saturated carbocycles. The second-order valence-corrected chi connectivity index (χ2v) is 5.68. The number of nitrogens with one attached hydrogen (secondary N) is 1. The number of ether oxygens (including phenoxy) is 1. The van der Waals surface area contributed by atoms with E-state index in [1.165, 1.54) is 12.1 Å². The number of anilines is 1. The Hall–Kier alpha value is -2.73. The fraction of sp³-hybridized carbons (Fsp3) is 0.111. The van der Waals surface area contributed by atoms with Gasteiger partial charge in [0.05, 0.1) is 6.20 Å². The lowest BCUT2D eigenvalue weighted by Crippen LogP contribution is -2.07. The molecule has 0 unspecified atom stereocenters. The number of hydrogen-bond donors (Lipinski definition) is 1. The molecule has 0 radical (unpaired) electrons. The molecule has 0 aliphatic heterocycles. The maximum Gasteiger partial charge on any atom is 0.318 e. The van der Waals surface area contributed by atoms with Crippen LogP contribution in [0.15, 0.2) is 54.7 Å². The van der Waals surface area contributed by atoms with Crippen molar-refractivity contribution in [3.63, 3.8) is 0 Å². The molecule has 0 saturated heterocycles. The van der Waals surface area contributed by atoms with Crippen LogP contribution in [0.5, 0.6) is 6.01 Å². The lowest BCUT2D eigenvalue weighted by atomic mass is 10.2. The smallest absolute Gasteiger partial charge is 0.318 e. The van der Waals surface area contributed by atoms with Gasteiger partial charge in [0.25, 0.3) is 0 Å². The van der Waals surface area contributed by atoms with Crippen molar-refractivity contribution in [1.29, 1.82) is 0 Å². The van der Waals surface area contributed by atoms with Crippen molar-refractivity contribution in [2.75, 3.05) is 5.32 Å². The molecule has 0 spiro atoms. The number of hydrogen-bond acceptors (Lipinski definition) is 4. The van der Waals surface area contributed by atoms with E-state index in [2.05, 4.69) is 15.3 Å². The molecule has 7 heteroatoms. The molecule has 25 heavy (non-hydrogen) atoms. The average molecular weight is 362 g/mol. The summed E-state index contributed by atoms with van der Waals surface area (Å²) in [4.78, 5) is 7.82. The summed E-state index contributed by atoms with van der Waals surface area (Å²) in [5.74, 6) is -0.863. The first-order chi connectivity index (χ1) is 12.1. The van der Waals surface area contributed by atoms with Crippen LogP contribution in [-0.2, 0) is 13.2 Å². The highest BCUT2D eigenvalue weighted by Crippen LogP contribution is 2.16. The third-order valence-electron chi connectivity index (χ3n) is 3.38. The van der Waals surface area contributed by atoms with E-state index in [0.29, 0.717) is 11.6 Å².